The molecule has 0 aliphatic carbocycles. The first-order valence-corrected chi connectivity index (χ1v) is 17.4. The van der Waals surface area contributed by atoms with E-state index in [0.29, 0.717) is 0 Å². The minimum absolute atomic E-state index is 0.0130. The minimum Gasteiger partial charge on any atom is -0.463 e. The summed E-state index contributed by atoms with van der Waals surface area (Å²) in [7, 11) is 3.89. The van der Waals surface area contributed by atoms with Crippen LogP contribution >= 0.6 is 0 Å². The van der Waals surface area contributed by atoms with Gasteiger partial charge in [-0.2, -0.15) is 0 Å². The Balaban J connectivity index is 0.000000442. The van der Waals surface area contributed by atoms with Crippen LogP contribution in [0.3, 0.4) is 0 Å². The second-order valence-electron chi connectivity index (χ2n) is 12.6. The molecule has 0 saturated carbocycles. The number of rotatable bonds is 12. The number of methoxy groups -OCH3 is 3. The number of halogens is 2. The predicted molar refractivity (Wildman–Crippen MR) is 181 cm³/mol. The van der Waals surface area contributed by atoms with Crippen molar-refractivity contribution in [2.24, 2.45) is 5.92 Å². The number of aliphatic hydroxyl groups excluding tert-OH is 3. The maximum Gasteiger partial charge on any atom is 0.303 e. The van der Waals surface area contributed by atoms with Crippen LogP contribution in [0, 0.1) is 5.92 Å². The predicted octanol–water partition coefficient (Wildman–Crippen LogP) is -1.05. The van der Waals surface area contributed by atoms with Crippen LogP contribution in [0.25, 0.3) is 0 Å². The Hall–Kier alpha value is -3.68. The van der Waals surface area contributed by atoms with Gasteiger partial charge in [-0.25, -0.2) is 8.78 Å². The lowest BCUT2D eigenvalue weighted by Gasteiger charge is -2.43. The van der Waals surface area contributed by atoms with E-state index in [2.05, 4.69) is 4.74 Å². The third-order valence-electron chi connectivity index (χ3n) is 8.18. The molecule has 15 atom stereocenters. The van der Waals surface area contributed by atoms with E-state index in [0.717, 1.165) is 20.8 Å². The van der Waals surface area contributed by atoms with E-state index >= 15 is 0 Å². The molecule has 23 heteroatoms. The van der Waals surface area contributed by atoms with E-state index in [-0.39, 0.29) is 19.1 Å². The standard InChI is InChI=1S/C14H22O8.C13H19FO8.C7H13FO5/c1-7-11(6-19-8(2)15)22-14(18-5)13(21-10(4)17)12(7)20-9(3)16;1-6(15)19-5-9-10(14)11(20-7(2)16)12(21-8(3)17)13(18-4)22-9;1-12-7-6(11)5(10)4(8)3(2-9)13-7/h7,11-14H,6H2,1-5H3;9-13H,5H2,1-4H3;3-7,9-11H,2H2,1H3/t7-,11?,12+,13?,14+;9?,10-,11-,12?,13-;3?,4-,5-,6?,7-/m011/s1/i;14-1;8-1. The zero-order valence-electron chi connectivity index (χ0n) is 33.2. The molecule has 3 aliphatic rings. The molecule has 3 N–H and O–H groups in total. The molecule has 0 bridgehead atoms. The van der Waals surface area contributed by atoms with E-state index in [9.17, 15) is 42.7 Å². The summed E-state index contributed by atoms with van der Waals surface area (Å²) in [5.41, 5.74) is 0. The molecule has 0 radical (unpaired) electrons. The van der Waals surface area contributed by atoms with E-state index in [4.69, 9.17) is 62.3 Å². The maximum absolute atomic E-state index is 14.5. The summed E-state index contributed by atoms with van der Waals surface area (Å²) in [6, 6.07) is 0. The number of ether oxygens (including phenoxy) is 12. The number of hydrogen-bond acceptors (Lipinski definition) is 21. The van der Waals surface area contributed by atoms with E-state index in [1.54, 1.807) is 6.92 Å². The summed E-state index contributed by atoms with van der Waals surface area (Å²) in [6.45, 7) is 7.95. The van der Waals surface area contributed by atoms with Gasteiger partial charge in [-0.15, -0.1) is 0 Å². The zero-order chi connectivity index (χ0) is 43.7. The molecule has 3 rings (SSSR count). The van der Waals surface area contributed by atoms with Gasteiger partial charge in [0.2, 0.25) is 0 Å². The lowest BCUT2D eigenvalue weighted by atomic mass is 9.90. The van der Waals surface area contributed by atoms with Crippen molar-refractivity contribution in [3.63, 3.8) is 0 Å². The first kappa shape index (κ1) is 51.3. The van der Waals surface area contributed by atoms with Crippen LogP contribution in [0.4, 0.5) is 8.78 Å². The molecule has 330 valence electrons. The van der Waals surface area contributed by atoms with Crippen LogP contribution < -0.4 is 0 Å². The molecule has 3 heterocycles. The third kappa shape index (κ3) is 16.2. The Morgan fingerprint density at radius 2 is 0.877 bits per heavy atom. The molecule has 6 unspecified atom stereocenters. The second-order valence-corrected chi connectivity index (χ2v) is 12.6. The van der Waals surface area contributed by atoms with Crippen molar-refractivity contribution >= 4 is 35.8 Å². The summed E-state index contributed by atoms with van der Waals surface area (Å²) in [6.07, 6.45) is -17.1. The molecule has 3 aliphatic heterocycles. The van der Waals surface area contributed by atoms with E-state index < -0.39 is 129 Å². The van der Waals surface area contributed by atoms with Gasteiger partial charge in [-0.05, 0) is 0 Å². The number of aliphatic hydroxyl groups is 3. The lowest BCUT2D eigenvalue weighted by Crippen LogP contribution is -2.60. The highest BCUT2D eigenvalue weighted by Crippen LogP contribution is 2.32. The highest BCUT2D eigenvalue weighted by atomic mass is 18.2. The van der Waals surface area contributed by atoms with E-state index in [1.165, 1.54) is 42.1 Å². The van der Waals surface area contributed by atoms with Gasteiger partial charge in [0, 0.05) is 68.8 Å². The highest BCUT2D eigenvalue weighted by molar-refractivity contribution is 5.68. The van der Waals surface area contributed by atoms with Gasteiger partial charge in [0.05, 0.1) is 6.61 Å². The first-order valence-electron chi connectivity index (χ1n) is 17.4. The molecular weight excluding hydrogens is 780 g/mol. The lowest BCUT2D eigenvalue weighted by molar-refractivity contribution is -0.290. The minimum atomic E-state index is -1.86. The van der Waals surface area contributed by atoms with Gasteiger partial charge >= 0.3 is 35.8 Å². The van der Waals surface area contributed by atoms with Crippen LogP contribution in [-0.2, 0) is 85.6 Å². The largest absolute Gasteiger partial charge is 0.463 e. The van der Waals surface area contributed by atoms with Gasteiger partial charge in [-0.1, -0.05) is 6.92 Å². The average molecular weight is 835 g/mol. The van der Waals surface area contributed by atoms with Crippen molar-refractivity contribution in [2.45, 2.75) is 135 Å². The molecule has 0 aromatic carbocycles. The quantitative estimate of drug-likeness (QED) is 0.156. The van der Waals surface area contributed by atoms with Crippen molar-refractivity contribution < 1.29 is 110 Å². The second kappa shape index (κ2) is 24.9. The van der Waals surface area contributed by atoms with Gasteiger partial charge in [0.15, 0.2) is 49.5 Å². The Labute approximate surface area is 327 Å². The normalized spacial score (nSPS) is 34.7. The number of esters is 6. The smallest absolute Gasteiger partial charge is 0.303 e. The van der Waals surface area contributed by atoms with Crippen molar-refractivity contribution in [1.29, 1.82) is 0 Å². The van der Waals surface area contributed by atoms with Gasteiger partial charge in [0.25, 0.3) is 0 Å². The molecule has 21 nitrogen and oxygen atoms in total. The fourth-order valence-corrected chi connectivity index (χ4v) is 5.57. The van der Waals surface area contributed by atoms with E-state index in [1.807, 2.05) is 0 Å². The van der Waals surface area contributed by atoms with Crippen LogP contribution in [0.5, 0.6) is 0 Å². The molecular formula is C34H54F2O21. The van der Waals surface area contributed by atoms with Gasteiger partial charge < -0.3 is 72.2 Å². The van der Waals surface area contributed by atoms with Crippen LogP contribution in [-0.4, -0.2) is 178 Å². The van der Waals surface area contributed by atoms with Crippen molar-refractivity contribution in [3.8, 4) is 0 Å². The Kier molecular flexibility index (Phi) is 22.5. The number of carbonyl (C=O) groups excluding carboxylic acids is 6. The zero-order valence-corrected chi connectivity index (χ0v) is 33.2. The molecule has 3 saturated heterocycles. The average Bonchev–Trinajstić information content (AvgIpc) is 3.13. The van der Waals surface area contributed by atoms with Crippen LogP contribution in [0.2, 0.25) is 0 Å². The summed E-state index contributed by atoms with van der Waals surface area (Å²) in [5.74, 6) is -3.95. The fourth-order valence-electron chi connectivity index (χ4n) is 5.57. The Bertz CT molecular complexity index is 1210. The molecule has 0 amide bonds. The molecule has 3 fully saturated rings. The fraction of sp³-hybridized carbons (Fsp3) is 0.824. The third-order valence-corrected chi connectivity index (χ3v) is 8.18. The molecule has 0 aromatic rings. The summed E-state index contributed by atoms with van der Waals surface area (Å²) in [4.78, 5) is 66.7. The van der Waals surface area contributed by atoms with Crippen LogP contribution in [0.1, 0.15) is 48.5 Å². The van der Waals surface area contributed by atoms with Crippen LogP contribution in [0.15, 0.2) is 0 Å². The molecule has 57 heavy (non-hydrogen) atoms. The van der Waals surface area contributed by atoms with Gasteiger partial charge in [0.1, 0.15) is 49.8 Å². The van der Waals surface area contributed by atoms with Crippen molar-refractivity contribution in [3.05, 3.63) is 0 Å². The van der Waals surface area contributed by atoms with Crippen molar-refractivity contribution in [2.75, 3.05) is 41.2 Å². The highest BCUT2D eigenvalue weighted by Gasteiger charge is 2.51. The molecule has 0 aromatic heterocycles. The monoisotopic (exact) mass is 834 g/mol. The maximum atomic E-state index is 14.5. The summed E-state index contributed by atoms with van der Waals surface area (Å²) >= 11 is 0. The number of alkyl halides is 2. The Morgan fingerprint density at radius 3 is 1.28 bits per heavy atom. The summed E-state index contributed by atoms with van der Waals surface area (Å²) < 4.78 is 88.1. The summed E-state index contributed by atoms with van der Waals surface area (Å²) in [5, 5.41) is 27.0. The van der Waals surface area contributed by atoms with Crippen molar-refractivity contribution in [1.82, 2.24) is 0 Å². The number of carbonyl (C=O) groups is 6. The number of hydrogen-bond donors (Lipinski definition) is 3. The topological polar surface area (TPSA) is 274 Å². The van der Waals surface area contributed by atoms with Gasteiger partial charge in [-0.3, -0.25) is 28.8 Å². The Morgan fingerprint density at radius 1 is 0.509 bits per heavy atom. The molecule has 0 spiro atoms. The first-order chi connectivity index (χ1) is 26.6. The SMILES string of the molecule is CO[C@@H]1OC(CO)[C@@H]([18F])[C@@H](O)C1O.CO[C@@H]1OC(COC(C)=O)[C@@H]([18F])[C@@H](OC(C)=O)C1OC(C)=O.CO[C@@H]1OC(COC(C)=O)[C@H](C)[C@@H](OC(C)=O)C1OC(C)=O.